The van der Waals surface area contributed by atoms with Gasteiger partial charge in [-0.3, -0.25) is 0 Å². The predicted molar refractivity (Wildman–Crippen MR) is 50.8 cm³/mol. The summed E-state index contributed by atoms with van der Waals surface area (Å²) in [6.07, 6.45) is 3.12. The summed E-state index contributed by atoms with van der Waals surface area (Å²) in [7, 11) is 0. The fraction of sp³-hybridized carbons (Fsp3) is 0. The van der Waals surface area contributed by atoms with E-state index in [0.717, 1.165) is 0 Å². The van der Waals surface area contributed by atoms with Gasteiger partial charge in [0.2, 0.25) is 11.9 Å². The third kappa shape index (κ3) is 1.76. The Morgan fingerprint density at radius 1 is 1.19 bits per heavy atom. The Bertz CT molecular complexity index is 560. The van der Waals surface area contributed by atoms with Crippen molar-refractivity contribution in [3.8, 4) is 12.1 Å². The molecular weight excluding hydrogens is 208 g/mol. The van der Waals surface area contributed by atoms with Crippen LogP contribution >= 0.6 is 0 Å². The summed E-state index contributed by atoms with van der Waals surface area (Å²) in [5.41, 5.74) is 0.0618. The number of aromatic amines is 2. The second kappa shape index (κ2) is 4.02. The van der Waals surface area contributed by atoms with E-state index in [9.17, 15) is 0 Å². The maximum atomic E-state index is 8.65. The van der Waals surface area contributed by atoms with Crippen molar-refractivity contribution in [2.24, 2.45) is 10.2 Å². The molecule has 2 aromatic rings. The van der Waals surface area contributed by atoms with Crippen LogP contribution in [0.2, 0.25) is 0 Å². The lowest BCUT2D eigenvalue weighted by Gasteiger charge is -1.81. The van der Waals surface area contributed by atoms with Gasteiger partial charge in [0.05, 0.1) is 0 Å². The largest absolute Gasteiger partial charge is 0.328 e. The SMILES string of the molecule is N#Cc1nc(N=Nc2ncc[nH]2)[nH]c1C#N. The van der Waals surface area contributed by atoms with E-state index in [4.69, 9.17) is 10.5 Å². The van der Waals surface area contributed by atoms with Crippen LogP contribution in [0.1, 0.15) is 11.4 Å². The van der Waals surface area contributed by atoms with Crippen LogP contribution in [0, 0.1) is 22.7 Å². The standard InChI is InChI=1S/C8H4N8/c9-3-5-6(4-10)14-8(13-5)16-15-7-11-1-2-12-7/h1-2H,(H,11,12)(H,13,14). The number of nitrogens with zero attached hydrogens (tertiary/aromatic N) is 6. The van der Waals surface area contributed by atoms with Gasteiger partial charge in [0.25, 0.3) is 0 Å². The topological polar surface area (TPSA) is 130 Å². The highest BCUT2D eigenvalue weighted by atomic mass is 15.3. The molecule has 0 spiro atoms. The minimum Gasteiger partial charge on any atom is -0.328 e. The molecule has 0 amide bonds. The lowest BCUT2D eigenvalue weighted by molar-refractivity contribution is 1.07. The van der Waals surface area contributed by atoms with E-state index in [1.54, 1.807) is 18.3 Å². The van der Waals surface area contributed by atoms with E-state index < -0.39 is 0 Å². The van der Waals surface area contributed by atoms with Crippen LogP contribution in [0.25, 0.3) is 0 Å². The Morgan fingerprint density at radius 2 is 2.00 bits per heavy atom. The summed E-state index contributed by atoms with van der Waals surface area (Å²) in [6.45, 7) is 0. The quantitative estimate of drug-likeness (QED) is 0.726. The maximum absolute atomic E-state index is 8.65. The molecule has 8 heteroatoms. The molecule has 0 radical (unpaired) electrons. The Kier molecular flexibility index (Phi) is 2.40. The van der Waals surface area contributed by atoms with Crippen molar-refractivity contribution in [1.29, 1.82) is 10.5 Å². The molecule has 0 bridgehead atoms. The van der Waals surface area contributed by atoms with Crippen molar-refractivity contribution in [1.82, 2.24) is 19.9 Å². The molecule has 0 saturated carbocycles. The number of hydrogen-bond donors (Lipinski definition) is 2. The number of azo groups is 1. The summed E-state index contributed by atoms with van der Waals surface area (Å²) >= 11 is 0. The summed E-state index contributed by atoms with van der Waals surface area (Å²) in [6, 6.07) is 3.56. The highest BCUT2D eigenvalue weighted by Crippen LogP contribution is 2.13. The van der Waals surface area contributed by atoms with Gasteiger partial charge < -0.3 is 9.97 Å². The van der Waals surface area contributed by atoms with Crippen LogP contribution < -0.4 is 0 Å². The molecule has 2 N–H and O–H groups in total. The first-order chi connectivity index (χ1) is 7.83. The van der Waals surface area contributed by atoms with Crippen LogP contribution in [-0.2, 0) is 0 Å². The van der Waals surface area contributed by atoms with Gasteiger partial charge in [0, 0.05) is 12.4 Å². The zero-order valence-corrected chi connectivity index (χ0v) is 7.84. The monoisotopic (exact) mass is 212 g/mol. The van der Waals surface area contributed by atoms with E-state index in [0.29, 0.717) is 5.95 Å². The van der Waals surface area contributed by atoms with Crippen molar-refractivity contribution in [2.45, 2.75) is 0 Å². The molecule has 0 fully saturated rings. The summed E-state index contributed by atoms with van der Waals surface area (Å²) < 4.78 is 0. The minimum absolute atomic E-state index is 0.00380. The third-order valence-electron chi connectivity index (χ3n) is 1.63. The van der Waals surface area contributed by atoms with E-state index in [2.05, 4.69) is 30.2 Å². The van der Waals surface area contributed by atoms with Crippen LogP contribution in [0.5, 0.6) is 0 Å². The first kappa shape index (κ1) is 9.55. The number of hydrogen-bond acceptors (Lipinski definition) is 6. The van der Waals surface area contributed by atoms with Gasteiger partial charge in [-0.25, -0.2) is 4.98 Å². The number of nitrogens with one attached hydrogen (secondary N) is 2. The van der Waals surface area contributed by atoms with Crippen LogP contribution in [-0.4, -0.2) is 19.9 Å². The Balaban J connectivity index is 2.27. The minimum atomic E-state index is -0.00380. The maximum Gasteiger partial charge on any atom is 0.249 e. The van der Waals surface area contributed by atoms with E-state index in [-0.39, 0.29) is 17.3 Å². The fourth-order valence-corrected chi connectivity index (χ4v) is 0.976. The van der Waals surface area contributed by atoms with Gasteiger partial charge in [-0.1, -0.05) is 0 Å². The summed E-state index contributed by atoms with van der Waals surface area (Å²) in [4.78, 5) is 12.8. The van der Waals surface area contributed by atoms with Crippen molar-refractivity contribution in [2.75, 3.05) is 0 Å². The molecule has 2 rings (SSSR count). The predicted octanol–water partition coefficient (Wildman–Crippen LogP) is 1.29. The number of rotatable bonds is 2. The molecule has 0 aliphatic rings. The molecule has 76 valence electrons. The Labute approximate surface area is 89.3 Å². The molecule has 0 atom stereocenters. The average Bonchev–Trinajstić information content (AvgIpc) is 2.95. The second-order valence-corrected chi connectivity index (χ2v) is 2.62. The smallest absolute Gasteiger partial charge is 0.249 e. The second-order valence-electron chi connectivity index (χ2n) is 2.62. The van der Waals surface area contributed by atoms with E-state index in [1.807, 2.05) is 0 Å². The van der Waals surface area contributed by atoms with Crippen LogP contribution in [0.15, 0.2) is 22.6 Å². The molecule has 8 nitrogen and oxygen atoms in total. The number of nitriles is 2. The molecule has 2 aromatic heterocycles. The average molecular weight is 212 g/mol. The lowest BCUT2D eigenvalue weighted by Crippen LogP contribution is -1.77. The Hall–Kier alpha value is -3.00. The molecule has 16 heavy (non-hydrogen) atoms. The fourth-order valence-electron chi connectivity index (χ4n) is 0.976. The van der Waals surface area contributed by atoms with Gasteiger partial charge in [-0.05, 0) is 0 Å². The molecule has 0 aliphatic heterocycles. The molecule has 0 aliphatic carbocycles. The van der Waals surface area contributed by atoms with Crippen LogP contribution in [0.4, 0.5) is 11.9 Å². The molecule has 0 unspecified atom stereocenters. The molecule has 0 aromatic carbocycles. The van der Waals surface area contributed by atoms with Gasteiger partial charge in [0.1, 0.15) is 12.1 Å². The third-order valence-corrected chi connectivity index (χ3v) is 1.63. The zero-order chi connectivity index (χ0) is 11.4. The van der Waals surface area contributed by atoms with Crippen molar-refractivity contribution >= 4 is 11.9 Å². The van der Waals surface area contributed by atoms with Crippen molar-refractivity contribution in [3.63, 3.8) is 0 Å². The normalized spacial score (nSPS) is 10.1. The first-order valence-corrected chi connectivity index (χ1v) is 4.15. The van der Waals surface area contributed by atoms with E-state index in [1.165, 1.54) is 6.20 Å². The Morgan fingerprint density at radius 3 is 2.56 bits per heavy atom. The van der Waals surface area contributed by atoms with E-state index >= 15 is 0 Å². The highest BCUT2D eigenvalue weighted by Gasteiger charge is 2.08. The van der Waals surface area contributed by atoms with Crippen LogP contribution in [0.3, 0.4) is 0 Å². The highest BCUT2D eigenvalue weighted by molar-refractivity contribution is 5.40. The number of aromatic nitrogens is 4. The molecular formula is C8H4N8. The number of H-pyrrole nitrogens is 2. The van der Waals surface area contributed by atoms with Gasteiger partial charge in [-0.15, -0.1) is 10.2 Å². The van der Waals surface area contributed by atoms with Crippen molar-refractivity contribution < 1.29 is 0 Å². The summed E-state index contributed by atoms with van der Waals surface area (Å²) in [5, 5.41) is 24.7. The summed E-state index contributed by atoms with van der Waals surface area (Å²) in [5.74, 6) is 0.401. The van der Waals surface area contributed by atoms with Gasteiger partial charge in [0.15, 0.2) is 11.4 Å². The molecule has 0 saturated heterocycles. The first-order valence-electron chi connectivity index (χ1n) is 4.15. The lowest BCUT2D eigenvalue weighted by atomic mass is 10.4. The molecule has 2 heterocycles. The van der Waals surface area contributed by atoms with Gasteiger partial charge >= 0.3 is 0 Å². The zero-order valence-electron chi connectivity index (χ0n) is 7.84. The van der Waals surface area contributed by atoms with Crippen molar-refractivity contribution in [3.05, 3.63) is 23.8 Å². The number of imidazole rings is 2. The van der Waals surface area contributed by atoms with Gasteiger partial charge in [-0.2, -0.15) is 15.5 Å².